The van der Waals surface area contributed by atoms with E-state index < -0.39 is 35.1 Å². The molecule has 0 bridgehead atoms. The molecule has 2 unspecified atom stereocenters. The molecule has 0 aromatic heterocycles. The second-order valence-corrected chi connectivity index (χ2v) is 6.59. The lowest BCUT2D eigenvalue weighted by Gasteiger charge is -2.29. The summed E-state index contributed by atoms with van der Waals surface area (Å²) < 4.78 is 46.6. The minimum atomic E-state index is -0.892. The number of carbonyl (C=O) groups is 1. The lowest BCUT2D eigenvalue weighted by molar-refractivity contribution is 0.000897. The van der Waals surface area contributed by atoms with Gasteiger partial charge >= 0.3 is 0 Å². The number of ketones is 1. The first-order chi connectivity index (χ1) is 12.4. The van der Waals surface area contributed by atoms with Crippen molar-refractivity contribution in [3.63, 3.8) is 0 Å². The third kappa shape index (κ3) is 3.60. The van der Waals surface area contributed by atoms with Crippen LogP contribution in [0.5, 0.6) is 5.75 Å². The van der Waals surface area contributed by atoms with E-state index in [-0.39, 0.29) is 35.6 Å². The number of benzene rings is 2. The molecule has 1 fully saturated rings. The molecule has 1 saturated heterocycles. The summed E-state index contributed by atoms with van der Waals surface area (Å²) in [4.78, 5) is 12.3. The Morgan fingerprint density at radius 1 is 1.15 bits per heavy atom. The van der Waals surface area contributed by atoms with Crippen LogP contribution in [0.3, 0.4) is 0 Å². The highest BCUT2D eigenvalue weighted by Crippen LogP contribution is 2.33. The summed E-state index contributed by atoms with van der Waals surface area (Å²) in [5.74, 6) is -3.90. The Morgan fingerprint density at radius 2 is 1.92 bits per heavy atom. The molecule has 2 aromatic rings. The number of halogens is 3. The highest BCUT2D eigenvalue weighted by molar-refractivity contribution is 5.99. The van der Waals surface area contributed by atoms with Crippen molar-refractivity contribution >= 4 is 5.78 Å². The number of carbonyl (C=O) groups excluding carboxylic acids is 1. The maximum atomic E-state index is 13.9. The smallest absolute Gasteiger partial charge is 0.169 e. The van der Waals surface area contributed by atoms with Crippen LogP contribution in [0.25, 0.3) is 0 Å². The molecular formula is C20H19F3O3. The van der Waals surface area contributed by atoms with E-state index in [0.717, 1.165) is 6.07 Å². The van der Waals surface area contributed by atoms with Crippen molar-refractivity contribution in [2.45, 2.75) is 38.2 Å². The summed E-state index contributed by atoms with van der Waals surface area (Å²) in [6, 6.07) is 6.89. The van der Waals surface area contributed by atoms with E-state index in [1.807, 2.05) is 0 Å². The molecular weight excluding hydrogens is 345 g/mol. The predicted octanol–water partition coefficient (Wildman–Crippen LogP) is 4.65. The second kappa shape index (κ2) is 7.50. The van der Waals surface area contributed by atoms with Crippen LogP contribution in [0.4, 0.5) is 13.2 Å². The average molecular weight is 364 g/mol. The number of ether oxygens (including phenoxy) is 1. The largest absolute Gasteiger partial charge is 0.504 e. The Bertz CT molecular complexity index is 827. The zero-order valence-corrected chi connectivity index (χ0v) is 14.3. The molecule has 2 aromatic carbocycles. The van der Waals surface area contributed by atoms with Gasteiger partial charge in [0.15, 0.2) is 29.0 Å². The van der Waals surface area contributed by atoms with E-state index in [1.54, 1.807) is 0 Å². The SMILES string of the molecule is Cc1ccc(C(=O)CC2CCC(c3cccc(F)c3F)CO2)c(O)c1F. The lowest BCUT2D eigenvalue weighted by Crippen LogP contribution is -2.27. The Kier molecular flexibility index (Phi) is 5.32. The van der Waals surface area contributed by atoms with Crippen molar-refractivity contribution in [2.24, 2.45) is 0 Å². The number of hydrogen-bond donors (Lipinski definition) is 1. The molecule has 1 N–H and O–H groups in total. The molecule has 0 spiro atoms. The maximum Gasteiger partial charge on any atom is 0.169 e. The van der Waals surface area contributed by atoms with Crippen LogP contribution < -0.4 is 0 Å². The Hall–Kier alpha value is -2.34. The van der Waals surface area contributed by atoms with E-state index in [1.165, 1.54) is 31.2 Å². The van der Waals surface area contributed by atoms with Gasteiger partial charge < -0.3 is 9.84 Å². The summed E-state index contributed by atoms with van der Waals surface area (Å²) in [5.41, 5.74) is 0.455. The number of aromatic hydroxyl groups is 1. The van der Waals surface area contributed by atoms with Crippen LogP contribution in [0.2, 0.25) is 0 Å². The molecule has 3 nitrogen and oxygen atoms in total. The third-order valence-electron chi connectivity index (χ3n) is 4.81. The van der Waals surface area contributed by atoms with Crippen LogP contribution in [-0.4, -0.2) is 23.6 Å². The summed E-state index contributed by atoms with van der Waals surface area (Å²) in [5, 5.41) is 9.81. The molecule has 138 valence electrons. The summed E-state index contributed by atoms with van der Waals surface area (Å²) in [6.45, 7) is 1.67. The third-order valence-corrected chi connectivity index (χ3v) is 4.81. The fourth-order valence-electron chi connectivity index (χ4n) is 3.26. The van der Waals surface area contributed by atoms with Crippen molar-refractivity contribution in [2.75, 3.05) is 6.61 Å². The van der Waals surface area contributed by atoms with Gasteiger partial charge in [-0.25, -0.2) is 13.2 Å². The van der Waals surface area contributed by atoms with E-state index in [4.69, 9.17) is 4.74 Å². The number of aryl methyl sites for hydroxylation is 1. The molecule has 0 saturated carbocycles. The van der Waals surface area contributed by atoms with Crippen LogP contribution in [0, 0.1) is 24.4 Å². The lowest BCUT2D eigenvalue weighted by atomic mass is 9.89. The minimum absolute atomic E-state index is 0.00554. The van der Waals surface area contributed by atoms with Crippen molar-refractivity contribution < 1.29 is 27.8 Å². The topological polar surface area (TPSA) is 46.5 Å². The second-order valence-electron chi connectivity index (χ2n) is 6.59. The summed E-state index contributed by atoms with van der Waals surface area (Å²) in [7, 11) is 0. The Labute approximate surface area is 149 Å². The van der Waals surface area contributed by atoms with Crippen molar-refractivity contribution in [3.8, 4) is 5.75 Å². The van der Waals surface area contributed by atoms with Gasteiger partial charge in [-0.15, -0.1) is 0 Å². The molecule has 2 atom stereocenters. The molecule has 3 rings (SSSR count). The van der Waals surface area contributed by atoms with Gasteiger partial charge in [0.2, 0.25) is 0 Å². The van der Waals surface area contributed by atoms with Crippen molar-refractivity contribution in [1.82, 2.24) is 0 Å². The minimum Gasteiger partial charge on any atom is -0.504 e. The molecule has 1 heterocycles. The first-order valence-electron chi connectivity index (χ1n) is 8.45. The van der Waals surface area contributed by atoms with Crippen molar-refractivity contribution in [3.05, 3.63) is 64.5 Å². The first kappa shape index (κ1) is 18.5. The number of Topliss-reactive ketones (excluding diaryl/α,β-unsaturated/α-hetero) is 1. The Balaban J connectivity index is 1.63. The van der Waals surface area contributed by atoms with E-state index >= 15 is 0 Å². The number of phenolic OH excluding ortho intramolecular Hbond substituents is 1. The fourth-order valence-corrected chi connectivity index (χ4v) is 3.26. The monoisotopic (exact) mass is 364 g/mol. The Morgan fingerprint density at radius 3 is 2.62 bits per heavy atom. The standard InChI is InChI=1S/C20H19F3O3/c1-11-5-8-15(20(25)18(11)22)17(24)9-13-7-6-12(10-26-13)14-3-2-4-16(21)19(14)23/h2-5,8,12-13,25H,6-7,9-10H2,1H3. The quantitative estimate of drug-likeness (QED) is 0.803. The van der Waals surface area contributed by atoms with E-state index in [9.17, 15) is 23.1 Å². The summed E-state index contributed by atoms with van der Waals surface area (Å²) >= 11 is 0. The number of rotatable bonds is 4. The zero-order valence-electron chi connectivity index (χ0n) is 14.3. The van der Waals surface area contributed by atoms with Gasteiger partial charge in [-0.05, 0) is 43.0 Å². The molecule has 0 aliphatic carbocycles. The number of hydrogen-bond acceptors (Lipinski definition) is 3. The van der Waals surface area contributed by atoms with Crippen LogP contribution >= 0.6 is 0 Å². The molecule has 26 heavy (non-hydrogen) atoms. The molecule has 1 aliphatic rings. The van der Waals surface area contributed by atoms with Gasteiger partial charge in [-0.1, -0.05) is 18.2 Å². The van der Waals surface area contributed by atoms with E-state index in [0.29, 0.717) is 12.8 Å². The highest BCUT2D eigenvalue weighted by Gasteiger charge is 2.28. The molecule has 0 amide bonds. The first-order valence-corrected chi connectivity index (χ1v) is 8.45. The fraction of sp³-hybridized carbons (Fsp3) is 0.350. The van der Waals surface area contributed by atoms with Crippen LogP contribution in [0.1, 0.15) is 46.7 Å². The van der Waals surface area contributed by atoms with Crippen LogP contribution in [0.15, 0.2) is 30.3 Å². The van der Waals surface area contributed by atoms with Crippen LogP contribution in [-0.2, 0) is 4.74 Å². The average Bonchev–Trinajstić information content (AvgIpc) is 2.63. The van der Waals surface area contributed by atoms with Gasteiger partial charge in [0.05, 0.1) is 18.3 Å². The molecule has 6 heteroatoms. The predicted molar refractivity (Wildman–Crippen MR) is 89.8 cm³/mol. The van der Waals surface area contributed by atoms with Gasteiger partial charge in [-0.2, -0.15) is 0 Å². The molecule has 0 radical (unpaired) electrons. The number of phenols is 1. The maximum absolute atomic E-state index is 13.9. The molecule has 1 aliphatic heterocycles. The van der Waals surface area contributed by atoms with Gasteiger partial charge in [0.1, 0.15) is 0 Å². The highest BCUT2D eigenvalue weighted by atomic mass is 19.2. The van der Waals surface area contributed by atoms with E-state index in [2.05, 4.69) is 0 Å². The van der Waals surface area contributed by atoms with Gasteiger partial charge in [-0.3, -0.25) is 4.79 Å². The normalized spacial score (nSPS) is 20.2. The van der Waals surface area contributed by atoms with Gasteiger partial charge in [0, 0.05) is 12.3 Å². The zero-order chi connectivity index (χ0) is 18.8. The van der Waals surface area contributed by atoms with Crippen molar-refractivity contribution in [1.29, 1.82) is 0 Å². The van der Waals surface area contributed by atoms with Gasteiger partial charge in [0.25, 0.3) is 0 Å². The summed E-state index contributed by atoms with van der Waals surface area (Å²) in [6.07, 6.45) is 0.627.